The lowest BCUT2D eigenvalue weighted by Gasteiger charge is -2.38. The Bertz CT molecular complexity index is 876. The van der Waals surface area contributed by atoms with Gasteiger partial charge in [-0.1, -0.05) is 46.9 Å². The van der Waals surface area contributed by atoms with Gasteiger partial charge in [0.15, 0.2) is 0 Å². The Morgan fingerprint density at radius 2 is 1.96 bits per heavy atom. The number of benzene rings is 1. The summed E-state index contributed by atoms with van der Waals surface area (Å²) in [7, 11) is 0. The molecule has 26 heavy (non-hydrogen) atoms. The molecule has 2 aromatic rings. The third-order valence-corrected chi connectivity index (χ3v) is 7.87. The molecule has 4 rings (SSSR count). The Kier molecular flexibility index (Phi) is 4.86. The first-order chi connectivity index (χ1) is 12.4. The molecule has 1 amide bonds. The van der Waals surface area contributed by atoms with Gasteiger partial charge in [0.1, 0.15) is 15.0 Å². The number of likely N-dealkylation sites (tertiary alicyclic amines) is 1. The lowest BCUT2D eigenvalue weighted by Crippen LogP contribution is -2.46. The quantitative estimate of drug-likeness (QED) is 0.747. The number of carbonyl (C=O) groups is 1. The van der Waals surface area contributed by atoms with Crippen LogP contribution in [0.3, 0.4) is 0 Å². The molecule has 0 saturated carbocycles. The normalized spacial score (nSPS) is 18.1. The van der Waals surface area contributed by atoms with E-state index in [1.165, 1.54) is 5.56 Å². The number of piperidine rings is 1. The van der Waals surface area contributed by atoms with Crippen molar-refractivity contribution in [2.75, 3.05) is 19.7 Å². The van der Waals surface area contributed by atoms with Gasteiger partial charge in [-0.3, -0.25) is 4.79 Å². The third-order valence-electron chi connectivity index (χ3n) is 5.31. The first-order valence-electron chi connectivity index (χ1n) is 8.34. The second kappa shape index (κ2) is 6.88. The van der Waals surface area contributed by atoms with Crippen molar-refractivity contribution in [2.45, 2.75) is 24.8 Å². The molecular weight excluding hydrogens is 415 g/mol. The van der Waals surface area contributed by atoms with Crippen LogP contribution in [0.25, 0.3) is 0 Å². The summed E-state index contributed by atoms with van der Waals surface area (Å²) in [5.41, 5.74) is 8.05. The van der Waals surface area contributed by atoms with Gasteiger partial charge in [-0.2, -0.15) is 0 Å². The predicted molar refractivity (Wildman–Crippen MR) is 106 cm³/mol. The number of hydrogen-bond donors (Lipinski definition) is 1. The molecule has 2 N–H and O–H groups in total. The van der Waals surface area contributed by atoms with Crippen LogP contribution in [0.5, 0.6) is 5.75 Å². The maximum atomic E-state index is 12.8. The molecular formula is C18H17Cl3N2O2S. The van der Waals surface area contributed by atoms with Gasteiger partial charge in [-0.05, 0) is 24.5 Å². The summed E-state index contributed by atoms with van der Waals surface area (Å²) >= 11 is 19.3. The van der Waals surface area contributed by atoms with Gasteiger partial charge in [0, 0.05) is 30.6 Å². The van der Waals surface area contributed by atoms with E-state index in [1.54, 1.807) is 0 Å². The highest BCUT2D eigenvalue weighted by Gasteiger charge is 2.44. The Morgan fingerprint density at radius 3 is 2.58 bits per heavy atom. The number of amides is 1. The van der Waals surface area contributed by atoms with Crippen LogP contribution in [0.2, 0.25) is 14.4 Å². The van der Waals surface area contributed by atoms with Crippen LogP contribution < -0.4 is 10.5 Å². The van der Waals surface area contributed by atoms with Crippen molar-refractivity contribution in [3.05, 3.63) is 48.6 Å². The average Bonchev–Trinajstić information content (AvgIpc) is 3.14. The summed E-state index contributed by atoms with van der Waals surface area (Å²) < 4.78 is 6.26. The van der Waals surface area contributed by atoms with E-state index in [0.29, 0.717) is 35.5 Å². The van der Waals surface area contributed by atoms with Crippen LogP contribution in [-0.4, -0.2) is 30.5 Å². The van der Waals surface area contributed by atoms with Gasteiger partial charge in [0.05, 0.1) is 16.7 Å². The highest BCUT2D eigenvalue weighted by Crippen LogP contribution is 2.47. The first kappa shape index (κ1) is 18.4. The largest absolute Gasteiger partial charge is 0.492 e. The number of ether oxygens (including phenoxy) is 1. The van der Waals surface area contributed by atoms with Crippen molar-refractivity contribution in [3.63, 3.8) is 0 Å². The molecule has 138 valence electrons. The van der Waals surface area contributed by atoms with Crippen LogP contribution >= 0.6 is 46.1 Å². The highest BCUT2D eigenvalue weighted by molar-refractivity contribution is 7.19. The van der Waals surface area contributed by atoms with Gasteiger partial charge >= 0.3 is 0 Å². The van der Waals surface area contributed by atoms with Crippen LogP contribution in [-0.2, 0) is 12.0 Å². The fraction of sp³-hybridized carbons (Fsp3) is 0.389. The van der Waals surface area contributed by atoms with Crippen molar-refractivity contribution in [1.29, 1.82) is 0 Å². The zero-order valence-electron chi connectivity index (χ0n) is 13.9. The zero-order valence-corrected chi connectivity index (χ0v) is 16.9. The van der Waals surface area contributed by atoms with Gasteiger partial charge in [-0.25, -0.2) is 0 Å². The van der Waals surface area contributed by atoms with Gasteiger partial charge in [0.25, 0.3) is 5.91 Å². The Labute approximate surface area is 170 Å². The average molecular weight is 432 g/mol. The molecule has 1 aromatic carbocycles. The molecule has 1 saturated heterocycles. The summed E-state index contributed by atoms with van der Waals surface area (Å²) in [6.07, 6.45) is 1.68. The summed E-state index contributed by atoms with van der Waals surface area (Å²) in [5.74, 6) is 0.820. The molecule has 1 fully saturated rings. The van der Waals surface area contributed by atoms with E-state index in [4.69, 9.17) is 45.3 Å². The van der Waals surface area contributed by atoms with E-state index >= 15 is 0 Å². The lowest BCUT2D eigenvalue weighted by atomic mass is 9.74. The monoisotopic (exact) mass is 430 g/mol. The molecule has 3 heterocycles. The highest BCUT2D eigenvalue weighted by atomic mass is 35.5. The van der Waals surface area contributed by atoms with Crippen LogP contribution in [0, 0.1) is 0 Å². The SMILES string of the molecule is NCc1ccc2c(c1)C1(CCN(C(=O)c3sc(Cl)c(Cl)c3Cl)CC1)CO2. The van der Waals surface area contributed by atoms with Gasteiger partial charge < -0.3 is 15.4 Å². The Morgan fingerprint density at radius 1 is 1.23 bits per heavy atom. The molecule has 0 bridgehead atoms. The van der Waals surface area contributed by atoms with Crippen molar-refractivity contribution in [3.8, 4) is 5.75 Å². The van der Waals surface area contributed by atoms with Crippen LogP contribution in [0.4, 0.5) is 0 Å². The fourth-order valence-corrected chi connectivity index (χ4v) is 5.50. The van der Waals surface area contributed by atoms with Gasteiger partial charge in [0.2, 0.25) is 0 Å². The summed E-state index contributed by atoms with van der Waals surface area (Å²) in [6.45, 7) is 2.43. The van der Waals surface area contributed by atoms with Crippen LogP contribution in [0.15, 0.2) is 18.2 Å². The number of nitrogens with two attached hydrogens (primary N) is 1. The standard InChI is InChI=1S/C18H17Cl3N2O2S/c19-13-14(20)16(21)26-15(13)17(24)23-5-3-18(4-6-23)9-25-12-2-1-10(8-22)7-11(12)18/h1-2,7H,3-6,8-9,22H2. The summed E-state index contributed by atoms with van der Waals surface area (Å²) in [6, 6.07) is 6.15. The maximum Gasteiger partial charge on any atom is 0.265 e. The van der Waals surface area contributed by atoms with E-state index in [1.807, 2.05) is 17.0 Å². The second-order valence-electron chi connectivity index (χ2n) is 6.73. The van der Waals surface area contributed by atoms with Crippen molar-refractivity contribution in [2.24, 2.45) is 5.73 Å². The zero-order chi connectivity index (χ0) is 18.5. The van der Waals surface area contributed by atoms with E-state index in [9.17, 15) is 4.79 Å². The molecule has 1 aromatic heterocycles. The second-order valence-corrected chi connectivity index (χ2v) is 9.11. The molecule has 1 spiro atoms. The molecule has 0 unspecified atom stereocenters. The molecule has 4 nitrogen and oxygen atoms in total. The summed E-state index contributed by atoms with van der Waals surface area (Å²) in [4.78, 5) is 15.1. The third kappa shape index (κ3) is 2.90. The minimum absolute atomic E-state index is 0.0498. The van der Waals surface area contributed by atoms with Crippen molar-refractivity contribution < 1.29 is 9.53 Å². The van der Waals surface area contributed by atoms with Crippen molar-refractivity contribution in [1.82, 2.24) is 4.90 Å². The van der Waals surface area contributed by atoms with E-state index in [0.717, 1.165) is 35.5 Å². The first-order valence-corrected chi connectivity index (χ1v) is 10.3. The number of carbonyl (C=O) groups excluding carboxylic acids is 1. The van der Waals surface area contributed by atoms with Crippen molar-refractivity contribution >= 4 is 52.0 Å². The maximum absolute atomic E-state index is 12.8. The topological polar surface area (TPSA) is 55.6 Å². The minimum atomic E-state index is -0.113. The number of halogens is 3. The molecule has 0 radical (unpaired) electrons. The minimum Gasteiger partial charge on any atom is -0.492 e. The van der Waals surface area contributed by atoms with E-state index < -0.39 is 0 Å². The van der Waals surface area contributed by atoms with E-state index in [2.05, 4.69) is 6.07 Å². The van der Waals surface area contributed by atoms with E-state index in [-0.39, 0.29) is 21.4 Å². The Hall–Kier alpha value is -0.980. The number of thiophene rings is 1. The Balaban J connectivity index is 1.54. The molecule has 0 atom stereocenters. The fourth-order valence-electron chi connectivity index (χ4n) is 3.74. The predicted octanol–water partition coefficient (Wildman–Crippen LogP) is 4.73. The smallest absolute Gasteiger partial charge is 0.265 e. The molecule has 2 aliphatic rings. The van der Waals surface area contributed by atoms with Gasteiger partial charge in [-0.15, -0.1) is 11.3 Å². The molecule has 0 aliphatic carbocycles. The number of fused-ring (bicyclic) bond motifs is 2. The molecule has 8 heteroatoms. The summed E-state index contributed by atoms with van der Waals surface area (Å²) in [5, 5.41) is 0.497. The number of rotatable bonds is 2. The number of nitrogens with zero attached hydrogens (tertiary/aromatic N) is 1. The number of hydrogen-bond acceptors (Lipinski definition) is 4. The molecule has 2 aliphatic heterocycles. The lowest BCUT2D eigenvalue weighted by molar-refractivity contribution is 0.0651. The van der Waals surface area contributed by atoms with Crippen LogP contribution in [0.1, 0.15) is 33.6 Å².